The molecule has 0 aromatic carbocycles. The molecule has 6 heteroatoms. The van der Waals surface area contributed by atoms with Crippen molar-refractivity contribution >= 4 is 23.5 Å². The zero-order valence-electron chi connectivity index (χ0n) is 10.5. The highest BCUT2D eigenvalue weighted by Crippen LogP contribution is 2.32. The van der Waals surface area contributed by atoms with E-state index in [-0.39, 0.29) is 4.75 Å². The summed E-state index contributed by atoms with van der Waals surface area (Å²) in [6, 6.07) is 0. The number of hydrogen-bond acceptors (Lipinski definition) is 6. The zero-order valence-corrected chi connectivity index (χ0v) is 11.3. The van der Waals surface area contributed by atoms with Crippen LogP contribution in [0.4, 0.5) is 11.8 Å². The van der Waals surface area contributed by atoms with E-state index in [1.165, 1.54) is 0 Å². The number of anilines is 2. The van der Waals surface area contributed by atoms with Gasteiger partial charge in [-0.2, -0.15) is 16.7 Å². The highest BCUT2D eigenvalue weighted by atomic mass is 32.2. The second-order valence-electron chi connectivity index (χ2n) is 4.87. The van der Waals surface area contributed by atoms with Crippen molar-refractivity contribution in [3.63, 3.8) is 0 Å². The van der Waals surface area contributed by atoms with E-state index in [2.05, 4.69) is 34.1 Å². The summed E-state index contributed by atoms with van der Waals surface area (Å²) in [5, 5.41) is 0. The van der Waals surface area contributed by atoms with E-state index in [4.69, 9.17) is 5.84 Å². The Bertz CT molecular complexity index is 407. The van der Waals surface area contributed by atoms with Gasteiger partial charge in [-0.1, -0.05) is 0 Å². The van der Waals surface area contributed by atoms with E-state index < -0.39 is 0 Å². The average molecular weight is 253 g/mol. The first-order chi connectivity index (χ1) is 8.02. The molecule has 2 heterocycles. The lowest BCUT2D eigenvalue weighted by Crippen LogP contribution is -2.44. The summed E-state index contributed by atoms with van der Waals surface area (Å²) in [5.41, 5.74) is 3.59. The van der Waals surface area contributed by atoms with Crippen LogP contribution in [0, 0.1) is 6.92 Å². The number of aromatic nitrogens is 2. The third kappa shape index (κ3) is 2.81. The molecule has 3 N–H and O–H groups in total. The van der Waals surface area contributed by atoms with Crippen molar-refractivity contribution < 1.29 is 0 Å². The molecule has 0 spiro atoms. The Balaban J connectivity index is 2.26. The summed E-state index contributed by atoms with van der Waals surface area (Å²) in [4.78, 5) is 10.9. The van der Waals surface area contributed by atoms with Crippen molar-refractivity contribution in [2.24, 2.45) is 5.84 Å². The monoisotopic (exact) mass is 253 g/mol. The molecule has 17 heavy (non-hydrogen) atoms. The molecule has 1 fully saturated rings. The molecule has 1 aromatic rings. The molecule has 1 aliphatic heterocycles. The summed E-state index contributed by atoms with van der Waals surface area (Å²) in [7, 11) is 0. The van der Waals surface area contributed by atoms with E-state index in [1.807, 2.05) is 24.9 Å². The Morgan fingerprint density at radius 2 is 2.29 bits per heavy atom. The van der Waals surface area contributed by atoms with E-state index in [9.17, 15) is 0 Å². The van der Waals surface area contributed by atoms with Gasteiger partial charge in [-0.05, 0) is 20.8 Å². The van der Waals surface area contributed by atoms with Gasteiger partial charge in [0, 0.05) is 35.3 Å². The number of nitrogens with two attached hydrogens (primary N) is 1. The Kier molecular flexibility index (Phi) is 3.44. The molecule has 0 amide bonds. The number of nitrogen functional groups attached to an aromatic ring is 1. The number of aryl methyl sites for hydroxylation is 1. The molecule has 1 saturated heterocycles. The van der Waals surface area contributed by atoms with Gasteiger partial charge in [0.25, 0.3) is 0 Å². The van der Waals surface area contributed by atoms with Crippen LogP contribution in [-0.4, -0.2) is 33.6 Å². The fraction of sp³-hybridized carbons (Fsp3) is 0.636. The summed E-state index contributed by atoms with van der Waals surface area (Å²) in [5.74, 6) is 7.94. The molecule has 5 nitrogen and oxygen atoms in total. The van der Waals surface area contributed by atoms with Crippen LogP contribution in [0.1, 0.15) is 19.4 Å². The van der Waals surface area contributed by atoms with Crippen molar-refractivity contribution in [1.82, 2.24) is 9.97 Å². The van der Waals surface area contributed by atoms with E-state index in [0.29, 0.717) is 5.95 Å². The van der Waals surface area contributed by atoms with Crippen LogP contribution in [0.2, 0.25) is 0 Å². The quantitative estimate of drug-likeness (QED) is 0.613. The normalized spacial score (nSPS) is 19.2. The zero-order chi connectivity index (χ0) is 12.5. The molecule has 0 bridgehead atoms. The fourth-order valence-corrected chi connectivity index (χ4v) is 3.13. The van der Waals surface area contributed by atoms with Gasteiger partial charge in [-0.15, -0.1) is 0 Å². The number of rotatable bonds is 2. The van der Waals surface area contributed by atoms with Gasteiger partial charge in [0.2, 0.25) is 5.95 Å². The number of nitrogens with one attached hydrogen (secondary N) is 1. The van der Waals surface area contributed by atoms with E-state index >= 15 is 0 Å². The predicted octanol–water partition coefficient (Wildman–Crippen LogP) is 1.40. The topological polar surface area (TPSA) is 67.1 Å². The van der Waals surface area contributed by atoms with Gasteiger partial charge < -0.3 is 4.90 Å². The van der Waals surface area contributed by atoms with Gasteiger partial charge in [-0.25, -0.2) is 10.8 Å². The number of hydrogen-bond donors (Lipinski definition) is 2. The van der Waals surface area contributed by atoms with Crippen LogP contribution in [-0.2, 0) is 0 Å². The Hall–Kier alpha value is -1.01. The molecule has 0 saturated carbocycles. The molecular weight excluding hydrogens is 234 g/mol. The van der Waals surface area contributed by atoms with Crippen LogP contribution in [0.25, 0.3) is 0 Å². The molecule has 0 atom stereocenters. The van der Waals surface area contributed by atoms with Gasteiger partial charge in [0.15, 0.2) is 0 Å². The Morgan fingerprint density at radius 1 is 1.53 bits per heavy atom. The molecule has 94 valence electrons. The van der Waals surface area contributed by atoms with Crippen molar-refractivity contribution in [3.05, 3.63) is 11.8 Å². The highest BCUT2D eigenvalue weighted by Gasteiger charge is 2.28. The fourth-order valence-electron chi connectivity index (χ4n) is 2.02. The van der Waals surface area contributed by atoms with Crippen molar-refractivity contribution in [1.29, 1.82) is 0 Å². The summed E-state index contributed by atoms with van der Waals surface area (Å²) in [6.45, 7) is 8.59. The van der Waals surface area contributed by atoms with Crippen LogP contribution < -0.4 is 16.2 Å². The van der Waals surface area contributed by atoms with Crippen LogP contribution in [0.3, 0.4) is 0 Å². The van der Waals surface area contributed by atoms with Crippen LogP contribution >= 0.6 is 11.8 Å². The largest absolute Gasteiger partial charge is 0.354 e. The Morgan fingerprint density at radius 3 is 2.94 bits per heavy atom. The second kappa shape index (κ2) is 4.70. The molecule has 2 rings (SSSR count). The molecule has 1 aromatic heterocycles. The summed E-state index contributed by atoms with van der Waals surface area (Å²) >= 11 is 2.01. The highest BCUT2D eigenvalue weighted by molar-refractivity contribution is 8.00. The summed E-state index contributed by atoms with van der Waals surface area (Å²) in [6.07, 6.45) is 1.81. The lowest BCUT2D eigenvalue weighted by atomic mass is 10.1. The first-order valence-electron chi connectivity index (χ1n) is 5.71. The molecule has 0 radical (unpaired) electrons. The second-order valence-corrected chi connectivity index (χ2v) is 6.68. The predicted molar refractivity (Wildman–Crippen MR) is 73.3 cm³/mol. The number of thioether (sulfide) groups is 1. The van der Waals surface area contributed by atoms with Crippen molar-refractivity contribution in [3.8, 4) is 0 Å². The smallest absolute Gasteiger partial charge is 0.239 e. The number of hydrazine groups is 1. The minimum atomic E-state index is 0.270. The molecular formula is C11H19N5S. The lowest BCUT2D eigenvalue weighted by Gasteiger charge is -2.38. The molecule has 0 aliphatic carbocycles. The van der Waals surface area contributed by atoms with Crippen molar-refractivity contribution in [2.45, 2.75) is 25.5 Å². The van der Waals surface area contributed by atoms with Crippen molar-refractivity contribution in [2.75, 3.05) is 29.2 Å². The minimum Gasteiger partial charge on any atom is -0.354 e. The Labute approximate surface area is 106 Å². The third-order valence-corrected chi connectivity index (χ3v) is 4.10. The first-order valence-corrected chi connectivity index (χ1v) is 6.69. The standard InChI is InChI=1S/C11H19N5S/c1-8-6-13-10(15-12)14-9(8)16-4-5-17-11(2,3)7-16/h6H,4-5,7,12H2,1-3H3,(H,13,14,15). The van der Waals surface area contributed by atoms with Gasteiger partial charge in [-0.3, -0.25) is 5.43 Å². The maximum absolute atomic E-state index is 5.35. The molecule has 0 unspecified atom stereocenters. The third-order valence-electron chi connectivity index (χ3n) is 2.80. The van der Waals surface area contributed by atoms with E-state index in [1.54, 1.807) is 0 Å². The van der Waals surface area contributed by atoms with Gasteiger partial charge >= 0.3 is 0 Å². The van der Waals surface area contributed by atoms with E-state index in [0.717, 1.165) is 30.2 Å². The maximum Gasteiger partial charge on any atom is 0.239 e. The van der Waals surface area contributed by atoms with Crippen LogP contribution in [0.5, 0.6) is 0 Å². The maximum atomic E-state index is 5.35. The average Bonchev–Trinajstić information content (AvgIpc) is 2.28. The first kappa shape index (κ1) is 12.4. The minimum absolute atomic E-state index is 0.270. The number of nitrogens with zero attached hydrogens (tertiary/aromatic N) is 3. The lowest BCUT2D eigenvalue weighted by molar-refractivity contribution is 0.640. The SMILES string of the molecule is Cc1cnc(NN)nc1N1CCSC(C)(C)C1. The van der Waals surface area contributed by atoms with Gasteiger partial charge in [0.1, 0.15) is 5.82 Å². The van der Waals surface area contributed by atoms with Crippen LogP contribution in [0.15, 0.2) is 6.20 Å². The summed E-state index contributed by atoms with van der Waals surface area (Å²) < 4.78 is 0.270. The van der Waals surface area contributed by atoms with Gasteiger partial charge in [0.05, 0.1) is 0 Å². The molecule has 1 aliphatic rings.